The predicted octanol–water partition coefficient (Wildman–Crippen LogP) is 2.43. The summed E-state index contributed by atoms with van der Waals surface area (Å²) >= 11 is 0. The van der Waals surface area contributed by atoms with E-state index in [0.717, 1.165) is 12.8 Å². The number of carbonyl (C=O) groups excluding carboxylic acids is 1. The van der Waals surface area contributed by atoms with Crippen molar-refractivity contribution >= 4 is 17.3 Å². The maximum Gasteiger partial charge on any atom is 0.294 e. The number of amides is 1. The highest BCUT2D eigenvalue weighted by Gasteiger charge is 2.20. The second-order valence-corrected chi connectivity index (χ2v) is 4.97. The molecule has 1 atom stereocenters. The first kappa shape index (κ1) is 16.9. The molecule has 1 rings (SSSR count). The number of nitro benzene ring substituents is 1. The Morgan fingerprint density at radius 1 is 1.38 bits per heavy atom. The number of carbonyl (C=O) groups is 1. The largest absolute Gasteiger partial charge is 0.349 e. The van der Waals surface area contributed by atoms with E-state index in [-0.39, 0.29) is 28.9 Å². The normalized spacial score (nSPS) is 12.0. The third kappa shape index (κ3) is 4.16. The molecule has 0 heterocycles. The molecule has 0 aromatic heterocycles. The molecule has 0 aliphatic rings. The van der Waals surface area contributed by atoms with Gasteiger partial charge in [-0.2, -0.15) is 0 Å². The molecule has 7 nitrogen and oxygen atoms in total. The van der Waals surface area contributed by atoms with E-state index in [9.17, 15) is 14.9 Å². The molecule has 0 spiro atoms. The first-order valence-corrected chi connectivity index (χ1v) is 7.00. The van der Waals surface area contributed by atoms with E-state index >= 15 is 0 Å². The summed E-state index contributed by atoms with van der Waals surface area (Å²) in [5.74, 6) is 5.28. The van der Waals surface area contributed by atoms with Gasteiger partial charge in [0.05, 0.1) is 4.92 Å². The first-order chi connectivity index (χ1) is 9.94. The molecule has 1 aromatic rings. The molecule has 0 bridgehead atoms. The maximum absolute atomic E-state index is 12.2. The fourth-order valence-corrected chi connectivity index (χ4v) is 2.35. The molecule has 4 N–H and O–H groups in total. The minimum atomic E-state index is -0.573. The molecule has 1 unspecified atom stereocenters. The summed E-state index contributed by atoms with van der Waals surface area (Å²) in [7, 11) is 0. The van der Waals surface area contributed by atoms with E-state index in [4.69, 9.17) is 5.84 Å². The number of nitrogens with zero attached hydrogens (tertiary/aromatic N) is 1. The van der Waals surface area contributed by atoms with Gasteiger partial charge in [0.2, 0.25) is 0 Å². The van der Waals surface area contributed by atoms with Crippen LogP contribution in [0.25, 0.3) is 0 Å². The molecule has 1 amide bonds. The first-order valence-electron chi connectivity index (χ1n) is 7.00. The van der Waals surface area contributed by atoms with Crippen LogP contribution in [0.3, 0.4) is 0 Å². The summed E-state index contributed by atoms with van der Waals surface area (Å²) in [4.78, 5) is 22.6. The molecule has 0 aliphatic heterocycles. The number of nitro groups is 1. The third-order valence-electron chi connectivity index (χ3n) is 3.73. The Hall–Kier alpha value is -2.15. The average Bonchev–Trinajstić information content (AvgIpc) is 2.47. The summed E-state index contributed by atoms with van der Waals surface area (Å²) in [6.45, 7) is 6.09. The van der Waals surface area contributed by atoms with Gasteiger partial charge in [0, 0.05) is 17.7 Å². The Morgan fingerprint density at radius 3 is 2.48 bits per heavy atom. The van der Waals surface area contributed by atoms with E-state index in [0.29, 0.717) is 5.92 Å². The van der Waals surface area contributed by atoms with Crippen molar-refractivity contribution in [1.82, 2.24) is 5.32 Å². The van der Waals surface area contributed by atoms with Crippen LogP contribution in [-0.4, -0.2) is 16.9 Å². The number of hydrogen-bond acceptors (Lipinski definition) is 5. The summed E-state index contributed by atoms with van der Waals surface area (Å²) < 4.78 is 0. The summed E-state index contributed by atoms with van der Waals surface area (Å²) in [5.41, 5.74) is 2.44. The van der Waals surface area contributed by atoms with Gasteiger partial charge < -0.3 is 10.7 Å². The van der Waals surface area contributed by atoms with Gasteiger partial charge >= 0.3 is 0 Å². The van der Waals surface area contributed by atoms with Gasteiger partial charge in [-0.15, -0.1) is 0 Å². The van der Waals surface area contributed by atoms with Crippen molar-refractivity contribution < 1.29 is 9.72 Å². The third-order valence-corrected chi connectivity index (χ3v) is 3.73. The zero-order chi connectivity index (χ0) is 16.0. The highest BCUT2D eigenvalue weighted by atomic mass is 16.6. The number of anilines is 1. The van der Waals surface area contributed by atoms with Crippen LogP contribution in [0.5, 0.6) is 0 Å². The molecular weight excluding hydrogens is 272 g/mol. The Bertz CT molecular complexity index is 515. The van der Waals surface area contributed by atoms with Gasteiger partial charge in [0.15, 0.2) is 0 Å². The molecule has 1 aromatic carbocycles. The van der Waals surface area contributed by atoms with Crippen molar-refractivity contribution in [2.45, 2.75) is 39.7 Å². The monoisotopic (exact) mass is 294 g/mol. The van der Waals surface area contributed by atoms with Crippen molar-refractivity contribution in [1.29, 1.82) is 0 Å². The molecule has 7 heteroatoms. The molecule has 116 valence electrons. The van der Waals surface area contributed by atoms with E-state index in [2.05, 4.69) is 24.6 Å². The second kappa shape index (κ2) is 7.58. The SMILES string of the molecule is CCC(CC)C(C)NC(=O)c1ccc(NN)c([N+](=O)[O-])c1. The molecule has 0 fully saturated rings. The lowest BCUT2D eigenvalue weighted by atomic mass is 9.95. The van der Waals surface area contributed by atoms with Crippen molar-refractivity contribution in [3.8, 4) is 0 Å². The van der Waals surface area contributed by atoms with Crippen molar-refractivity contribution in [3.05, 3.63) is 33.9 Å². The predicted molar refractivity (Wildman–Crippen MR) is 81.9 cm³/mol. The number of hydrazine groups is 1. The fourth-order valence-electron chi connectivity index (χ4n) is 2.35. The fraction of sp³-hybridized carbons (Fsp3) is 0.500. The molecule has 0 saturated heterocycles. The molecule has 0 aliphatic carbocycles. The van der Waals surface area contributed by atoms with Gasteiger partial charge in [-0.25, -0.2) is 0 Å². The van der Waals surface area contributed by atoms with Crippen molar-refractivity contribution in [3.63, 3.8) is 0 Å². The van der Waals surface area contributed by atoms with E-state index < -0.39 is 4.92 Å². The number of nitrogen functional groups attached to an aromatic ring is 1. The lowest BCUT2D eigenvalue weighted by molar-refractivity contribution is -0.384. The summed E-state index contributed by atoms with van der Waals surface area (Å²) in [6.07, 6.45) is 1.93. The lowest BCUT2D eigenvalue weighted by Crippen LogP contribution is -2.37. The van der Waals surface area contributed by atoms with Gasteiger partial charge in [0.25, 0.3) is 11.6 Å². The molecule has 0 saturated carbocycles. The minimum Gasteiger partial charge on any atom is -0.349 e. The van der Waals surface area contributed by atoms with Crippen LogP contribution in [0, 0.1) is 16.0 Å². The zero-order valence-corrected chi connectivity index (χ0v) is 12.6. The summed E-state index contributed by atoms with van der Waals surface area (Å²) in [5, 5.41) is 13.8. The lowest BCUT2D eigenvalue weighted by Gasteiger charge is -2.22. The van der Waals surface area contributed by atoms with Crippen LogP contribution in [-0.2, 0) is 0 Å². The van der Waals surface area contributed by atoms with E-state index in [1.54, 1.807) is 0 Å². The van der Waals surface area contributed by atoms with Crippen LogP contribution in [0.1, 0.15) is 44.0 Å². The van der Waals surface area contributed by atoms with Crippen LogP contribution >= 0.6 is 0 Å². The number of hydrogen-bond donors (Lipinski definition) is 3. The highest BCUT2D eigenvalue weighted by Crippen LogP contribution is 2.24. The maximum atomic E-state index is 12.2. The van der Waals surface area contributed by atoms with Crippen LogP contribution in [0.2, 0.25) is 0 Å². The number of nitrogens with one attached hydrogen (secondary N) is 2. The van der Waals surface area contributed by atoms with Gasteiger partial charge in [-0.05, 0) is 25.0 Å². The van der Waals surface area contributed by atoms with E-state index in [1.165, 1.54) is 18.2 Å². The quantitative estimate of drug-likeness (QED) is 0.406. The van der Waals surface area contributed by atoms with Crippen molar-refractivity contribution in [2.24, 2.45) is 11.8 Å². The molecule has 21 heavy (non-hydrogen) atoms. The number of nitrogens with two attached hydrogens (primary N) is 1. The van der Waals surface area contributed by atoms with Gasteiger partial charge in [-0.1, -0.05) is 26.7 Å². The Balaban J connectivity index is 2.93. The van der Waals surface area contributed by atoms with Gasteiger partial charge in [-0.3, -0.25) is 20.8 Å². The van der Waals surface area contributed by atoms with Gasteiger partial charge in [0.1, 0.15) is 5.69 Å². The number of benzene rings is 1. The van der Waals surface area contributed by atoms with E-state index in [1.807, 2.05) is 6.92 Å². The average molecular weight is 294 g/mol. The Labute approximate surface area is 124 Å². The van der Waals surface area contributed by atoms with Crippen LogP contribution in [0.4, 0.5) is 11.4 Å². The summed E-state index contributed by atoms with van der Waals surface area (Å²) in [6, 6.07) is 4.18. The molecule has 0 radical (unpaired) electrons. The minimum absolute atomic E-state index is 0.0128. The highest BCUT2D eigenvalue weighted by molar-refractivity contribution is 5.95. The Kier molecular flexibility index (Phi) is 6.10. The number of rotatable bonds is 7. The smallest absolute Gasteiger partial charge is 0.294 e. The van der Waals surface area contributed by atoms with Crippen LogP contribution < -0.4 is 16.6 Å². The van der Waals surface area contributed by atoms with Crippen molar-refractivity contribution in [2.75, 3.05) is 5.43 Å². The second-order valence-electron chi connectivity index (χ2n) is 4.97. The zero-order valence-electron chi connectivity index (χ0n) is 12.6. The standard InChI is InChI=1S/C14H22N4O3/c1-4-10(5-2)9(3)16-14(19)11-6-7-12(17-15)13(8-11)18(20)21/h6-10,17H,4-5,15H2,1-3H3,(H,16,19). The Morgan fingerprint density at radius 2 is 2.00 bits per heavy atom. The topological polar surface area (TPSA) is 110 Å². The molecular formula is C14H22N4O3. The van der Waals surface area contributed by atoms with Crippen LogP contribution in [0.15, 0.2) is 18.2 Å².